The number of methoxy groups -OCH3 is 1. The zero-order chi connectivity index (χ0) is 20.7. The Morgan fingerprint density at radius 1 is 1.14 bits per heavy atom. The van der Waals surface area contributed by atoms with Crippen molar-refractivity contribution in [1.82, 2.24) is 10.0 Å². The first-order chi connectivity index (χ1) is 13.3. The van der Waals surface area contributed by atoms with Crippen molar-refractivity contribution in [3.8, 4) is 5.75 Å². The van der Waals surface area contributed by atoms with Gasteiger partial charge in [0.2, 0.25) is 10.0 Å². The van der Waals surface area contributed by atoms with Gasteiger partial charge in [0, 0.05) is 11.7 Å². The van der Waals surface area contributed by atoms with Gasteiger partial charge in [-0.2, -0.15) is 0 Å². The molecule has 1 amide bonds. The van der Waals surface area contributed by atoms with Crippen LogP contribution in [-0.4, -0.2) is 32.6 Å². The van der Waals surface area contributed by atoms with Gasteiger partial charge in [-0.05, 0) is 62.0 Å². The van der Waals surface area contributed by atoms with Crippen molar-refractivity contribution < 1.29 is 17.9 Å². The molecule has 28 heavy (non-hydrogen) atoms. The van der Waals surface area contributed by atoms with E-state index < -0.39 is 15.9 Å². The van der Waals surface area contributed by atoms with Crippen molar-refractivity contribution in [1.29, 1.82) is 0 Å². The van der Waals surface area contributed by atoms with Gasteiger partial charge in [0.25, 0.3) is 5.91 Å². The Labute approximate surface area is 170 Å². The minimum atomic E-state index is -3.57. The molecule has 0 saturated carbocycles. The predicted molar refractivity (Wildman–Crippen MR) is 113 cm³/mol. The first kappa shape index (κ1) is 21.8. The number of benzene rings is 2. The molecule has 2 aromatic carbocycles. The molecule has 0 saturated heterocycles. The SMILES string of the molecule is CCC(C)NS(=O)(=O)c1ccc(NC(=S)NC(=O)c2ccccc2OC)cc1. The Balaban J connectivity index is 2.02. The van der Waals surface area contributed by atoms with Crippen LogP contribution in [0.3, 0.4) is 0 Å². The van der Waals surface area contributed by atoms with Crippen LogP contribution in [0, 0.1) is 0 Å². The molecular weight excluding hydrogens is 398 g/mol. The van der Waals surface area contributed by atoms with Crippen molar-refractivity contribution >= 4 is 38.9 Å². The fraction of sp³-hybridized carbons (Fsp3) is 0.263. The number of carbonyl (C=O) groups excluding carboxylic acids is 1. The number of anilines is 1. The molecule has 0 aliphatic heterocycles. The Morgan fingerprint density at radius 2 is 1.79 bits per heavy atom. The third-order valence-electron chi connectivity index (χ3n) is 3.97. The van der Waals surface area contributed by atoms with Gasteiger partial charge >= 0.3 is 0 Å². The van der Waals surface area contributed by atoms with E-state index in [2.05, 4.69) is 15.4 Å². The number of hydrogen-bond donors (Lipinski definition) is 3. The second kappa shape index (κ2) is 9.63. The fourth-order valence-electron chi connectivity index (χ4n) is 2.30. The van der Waals surface area contributed by atoms with E-state index >= 15 is 0 Å². The summed E-state index contributed by atoms with van der Waals surface area (Å²) < 4.78 is 32.3. The summed E-state index contributed by atoms with van der Waals surface area (Å²) in [5.41, 5.74) is 0.902. The maximum atomic E-state index is 12.3. The van der Waals surface area contributed by atoms with E-state index in [9.17, 15) is 13.2 Å². The summed E-state index contributed by atoms with van der Waals surface area (Å²) in [5, 5.41) is 5.51. The number of ether oxygens (including phenoxy) is 1. The topological polar surface area (TPSA) is 96.5 Å². The second-order valence-corrected chi connectivity index (χ2v) is 8.19. The monoisotopic (exact) mass is 421 g/mol. The van der Waals surface area contributed by atoms with E-state index in [1.165, 1.54) is 19.2 Å². The summed E-state index contributed by atoms with van der Waals surface area (Å²) in [6.45, 7) is 3.71. The summed E-state index contributed by atoms with van der Waals surface area (Å²) >= 11 is 5.16. The van der Waals surface area contributed by atoms with Crippen molar-refractivity contribution in [2.45, 2.75) is 31.2 Å². The van der Waals surface area contributed by atoms with Crippen LogP contribution in [0.25, 0.3) is 0 Å². The quantitative estimate of drug-likeness (QED) is 0.595. The van der Waals surface area contributed by atoms with Gasteiger partial charge in [0.05, 0.1) is 17.6 Å². The molecule has 9 heteroatoms. The zero-order valence-electron chi connectivity index (χ0n) is 15.9. The van der Waals surface area contributed by atoms with Gasteiger partial charge in [-0.1, -0.05) is 19.1 Å². The van der Waals surface area contributed by atoms with Gasteiger partial charge in [-0.15, -0.1) is 0 Å². The highest BCUT2D eigenvalue weighted by molar-refractivity contribution is 7.89. The van der Waals surface area contributed by atoms with E-state index in [0.29, 0.717) is 23.4 Å². The number of thiocarbonyl (C=S) groups is 1. The van der Waals surface area contributed by atoms with Gasteiger partial charge in [0.15, 0.2) is 5.11 Å². The number of nitrogens with one attached hydrogen (secondary N) is 3. The lowest BCUT2D eigenvalue weighted by Crippen LogP contribution is -2.34. The van der Waals surface area contributed by atoms with Gasteiger partial charge in [-0.25, -0.2) is 13.1 Å². The Kier molecular flexibility index (Phi) is 7.50. The lowest BCUT2D eigenvalue weighted by atomic mass is 10.2. The summed E-state index contributed by atoms with van der Waals surface area (Å²) in [6, 6.07) is 12.7. The van der Waals surface area contributed by atoms with Crippen LogP contribution in [0.1, 0.15) is 30.6 Å². The molecule has 3 N–H and O–H groups in total. The first-order valence-electron chi connectivity index (χ1n) is 8.64. The lowest BCUT2D eigenvalue weighted by Gasteiger charge is -2.13. The number of rotatable bonds is 7. The molecule has 0 aromatic heterocycles. The largest absolute Gasteiger partial charge is 0.496 e. The van der Waals surface area contributed by atoms with Gasteiger partial charge < -0.3 is 10.1 Å². The molecular formula is C19H23N3O4S2. The zero-order valence-corrected chi connectivity index (χ0v) is 17.5. The van der Waals surface area contributed by atoms with Crippen LogP contribution in [0.2, 0.25) is 0 Å². The molecule has 150 valence electrons. The molecule has 7 nitrogen and oxygen atoms in total. The summed E-state index contributed by atoms with van der Waals surface area (Å²) in [7, 11) is -2.09. The number of para-hydroxylation sites is 1. The van der Waals surface area contributed by atoms with Crippen molar-refractivity contribution in [2.24, 2.45) is 0 Å². The maximum Gasteiger partial charge on any atom is 0.261 e. The van der Waals surface area contributed by atoms with E-state index in [0.717, 1.165) is 0 Å². The molecule has 2 rings (SSSR count). The smallest absolute Gasteiger partial charge is 0.261 e. The standard InChI is InChI=1S/C19H23N3O4S2/c1-4-13(2)22-28(24,25)15-11-9-14(10-12-15)20-19(27)21-18(23)16-7-5-6-8-17(16)26-3/h5-13,22H,4H2,1-3H3,(H2,20,21,23,27). The average Bonchev–Trinajstić information content (AvgIpc) is 2.67. The summed E-state index contributed by atoms with van der Waals surface area (Å²) in [4.78, 5) is 12.5. The molecule has 1 unspecified atom stereocenters. The van der Waals surface area contributed by atoms with Crippen LogP contribution in [-0.2, 0) is 10.0 Å². The fourth-order valence-corrected chi connectivity index (χ4v) is 3.84. The minimum Gasteiger partial charge on any atom is -0.496 e. The number of hydrogen-bond acceptors (Lipinski definition) is 5. The highest BCUT2D eigenvalue weighted by Crippen LogP contribution is 2.17. The molecule has 0 bridgehead atoms. The lowest BCUT2D eigenvalue weighted by molar-refractivity contribution is 0.0974. The minimum absolute atomic E-state index is 0.0873. The Bertz CT molecular complexity index is 944. The average molecular weight is 422 g/mol. The Morgan fingerprint density at radius 3 is 2.39 bits per heavy atom. The first-order valence-corrected chi connectivity index (χ1v) is 10.5. The van der Waals surface area contributed by atoms with Crippen LogP contribution in [0.15, 0.2) is 53.4 Å². The number of amides is 1. The number of carbonyl (C=O) groups is 1. The van der Waals surface area contributed by atoms with Crippen molar-refractivity contribution in [3.63, 3.8) is 0 Å². The van der Waals surface area contributed by atoms with E-state index in [1.807, 2.05) is 6.92 Å². The van der Waals surface area contributed by atoms with Crippen LogP contribution in [0.5, 0.6) is 5.75 Å². The molecule has 0 spiro atoms. The van der Waals surface area contributed by atoms with E-state index in [1.54, 1.807) is 43.3 Å². The highest BCUT2D eigenvalue weighted by atomic mass is 32.2. The normalized spacial score (nSPS) is 12.1. The van der Waals surface area contributed by atoms with Crippen molar-refractivity contribution in [2.75, 3.05) is 12.4 Å². The summed E-state index contributed by atoms with van der Waals surface area (Å²) in [5.74, 6) is 0.0260. The van der Waals surface area contributed by atoms with Crippen LogP contribution >= 0.6 is 12.2 Å². The number of sulfonamides is 1. The van der Waals surface area contributed by atoms with Gasteiger partial charge in [-0.3, -0.25) is 10.1 Å². The molecule has 0 fully saturated rings. The highest BCUT2D eigenvalue weighted by Gasteiger charge is 2.17. The molecule has 0 aliphatic rings. The molecule has 0 aliphatic carbocycles. The molecule has 1 atom stereocenters. The van der Waals surface area contributed by atoms with Crippen LogP contribution < -0.4 is 20.1 Å². The summed E-state index contributed by atoms with van der Waals surface area (Å²) in [6.07, 6.45) is 0.693. The third-order valence-corrected chi connectivity index (χ3v) is 5.78. The van der Waals surface area contributed by atoms with E-state index in [4.69, 9.17) is 17.0 Å². The van der Waals surface area contributed by atoms with Crippen LogP contribution in [0.4, 0.5) is 5.69 Å². The maximum absolute atomic E-state index is 12.3. The molecule has 2 aromatic rings. The third kappa shape index (κ3) is 5.75. The predicted octanol–water partition coefficient (Wildman–Crippen LogP) is 2.90. The van der Waals surface area contributed by atoms with Crippen molar-refractivity contribution in [3.05, 3.63) is 54.1 Å². The van der Waals surface area contributed by atoms with E-state index in [-0.39, 0.29) is 16.0 Å². The second-order valence-electron chi connectivity index (χ2n) is 6.06. The van der Waals surface area contributed by atoms with Gasteiger partial charge in [0.1, 0.15) is 5.75 Å². The molecule has 0 radical (unpaired) electrons. The Hall–Kier alpha value is -2.49. The molecule has 0 heterocycles.